The first kappa shape index (κ1) is 15.9. The van der Waals surface area contributed by atoms with E-state index < -0.39 is 5.76 Å². The smallest absolute Gasteiger partial charge is 0.342 e. The molecule has 0 saturated carbocycles. The van der Waals surface area contributed by atoms with Crippen LogP contribution < -0.4 is 5.76 Å². The molecule has 1 amide bonds. The highest BCUT2D eigenvalue weighted by Crippen LogP contribution is 2.08. The fourth-order valence-electron chi connectivity index (χ4n) is 2.18. The number of halogens is 1. The van der Waals surface area contributed by atoms with E-state index in [-0.39, 0.29) is 24.7 Å². The third kappa shape index (κ3) is 3.60. The highest BCUT2D eigenvalue weighted by molar-refractivity contribution is 5.75. The number of hydrogen-bond acceptors (Lipinski definition) is 4. The average molecular weight is 307 g/mol. The van der Waals surface area contributed by atoms with Crippen molar-refractivity contribution in [1.29, 1.82) is 0 Å². The fraction of sp³-hybridized carbons (Fsp3) is 0.400. The molecule has 0 atom stereocenters. The van der Waals surface area contributed by atoms with E-state index in [2.05, 4.69) is 9.68 Å². The maximum atomic E-state index is 12.9. The van der Waals surface area contributed by atoms with Gasteiger partial charge < -0.3 is 4.90 Å². The van der Waals surface area contributed by atoms with Gasteiger partial charge in [0, 0.05) is 19.5 Å². The number of amides is 1. The van der Waals surface area contributed by atoms with Gasteiger partial charge in [-0.1, -0.05) is 17.3 Å². The molecule has 7 heteroatoms. The van der Waals surface area contributed by atoms with Crippen LogP contribution in [0.15, 0.2) is 33.6 Å². The second-order valence-electron chi connectivity index (χ2n) is 4.82. The van der Waals surface area contributed by atoms with Gasteiger partial charge in [-0.2, -0.15) is 0 Å². The number of hydrogen-bond donors (Lipinski definition) is 0. The van der Waals surface area contributed by atoms with E-state index in [9.17, 15) is 14.0 Å². The molecule has 1 heterocycles. The molecule has 2 rings (SSSR count). The molecule has 0 aliphatic heterocycles. The van der Waals surface area contributed by atoms with E-state index in [1.807, 2.05) is 13.8 Å². The van der Waals surface area contributed by atoms with Crippen molar-refractivity contribution in [3.8, 4) is 0 Å². The predicted octanol–water partition coefficient (Wildman–Crippen LogP) is 1.43. The molecular weight excluding hydrogens is 289 g/mol. The summed E-state index contributed by atoms with van der Waals surface area (Å²) in [6.45, 7) is 4.78. The average Bonchev–Trinajstić information content (AvgIpc) is 2.84. The van der Waals surface area contributed by atoms with Crippen LogP contribution in [-0.2, 0) is 17.8 Å². The summed E-state index contributed by atoms with van der Waals surface area (Å²) < 4.78 is 18.8. The normalized spacial score (nSPS) is 10.7. The van der Waals surface area contributed by atoms with Crippen molar-refractivity contribution < 1.29 is 13.7 Å². The van der Waals surface area contributed by atoms with Crippen LogP contribution in [0.1, 0.15) is 25.2 Å². The lowest BCUT2D eigenvalue weighted by Gasteiger charge is -2.18. The second-order valence-corrected chi connectivity index (χ2v) is 4.82. The molecular formula is C15H18FN3O3. The fourth-order valence-corrected chi connectivity index (χ4v) is 2.18. The van der Waals surface area contributed by atoms with Gasteiger partial charge >= 0.3 is 5.76 Å². The Hall–Kier alpha value is -2.44. The zero-order valence-corrected chi connectivity index (χ0v) is 12.6. The Kier molecular flexibility index (Phi) is 5.08. The van der Waals surface area contributed by atoms with Crippen LogP contribution in [0.5, 0.6) is 0 Å². The Labute approximate surface area is 127 Å². The minimum absolute atomic E-state index is 0.111. The van der Waals surface area contributed by atoms with Crippen molar-refractivity contribution >= 4 is 5.91 Å². The molecule has 0 aliphatic carbocycles. The lowest BCUT2D eigenvalue weighted by molar-refractivity contribution is -0.131. The zero-order valence-electron chi connectivity index (χ0n) is 12.6. The molecule has 6 nitrogen and oxygen atoms in total. The number of aromatic nitrogens is 2. The molecule has 0 saturated heterocycles. The lowest BCUT2D eigenvalue weighted by atomic mass is 10.1. The standard InChI is InChI=1S/C15H18FN3O3/c1-3-18(4-2)14(20)10-19-13(17-22-15(19)21)9-11-5-7-12(16)8-6-11/h5-8H,3-4,9-10H2,1-2H3. The number of carbonyl (C=O) groups is 1. The second kappa shape index (κ2) is 7.02. The molecule has 118 valence electrons. The van der Waals surface area contributed by atoms with Crippen LogP contribution in [0, 0.1) is 5.82 Å². The molecule has 0 N–H and O–H groups in total. The topological polar surface area (TPSA) is 68.3 Å². The van der Waals surface area contributed by atoms with Gasteiger partial charge in [-0.3, -0.25) is 13.9 Å². The van der Waals surface area contributed by atoms with Gasteiger partial charge in [-0.15, -0.1) is 0 Å². The van der Waals surface area contributed by atoms with Gasteiger partial charge in [-0.05, 0) is 31.5 Å². The van der Waals surface area contributed by atoms with E-state index in [1.54, 1.807) is 17.0 Å². The Balaban J connectivity index is 2.19. The Morgan fingerprint density at radius 3 is 2.50 bits per heavy atom. The first-order valence-electron chi connectivity index (χ1n) is 7.12. The maximum Gasteiger partial charge on any atom is 0.442 e. The van der Waals surface area contributed by atoms with E-state index >= 15 is 0 Å². The minimum Gasteiger partial charge on any atom is -0.342 e. The first-order valence-corrected chi connectivity index (χ1v) is 7.12. The van der Waals surface area contributed by atoms with Crippen molar-refractivity contribution in [2.45, 2.75) is 26.8 Å². The Morgan fingerprint density at radius 1 is 1.27 bits per heavy atom. The Bertz CT molecular complexity index is 687. The molecule has 0 radical (unpaired) electrons. The first-order chi connectivity index (χ1) is 10.5. The highest BCUT2D eigenvalue weighted by Gasteiger charge is 2.17. The molecule has 0 unspecified atom stereocenters. The zero-order chi connectivity index (χ0) is 16.1. The summed E-state index contributed by atoms with van der Waals surface area (Å²) in [5.74, 6) is -0.830. The molecule has 0 aliphatic rings. The SMILES string of the molecule is CCN(CC)C(=O)Cn1c(Cc2ccc(F)cc2)noc1=O. The number of benzene rings is 1. The molecule has 0 fully saturated rings. The van der Waals surface area contributed by atoms with Crippen LogP contribution >= 0.6 is 0 Å². The molecule has 0 spiro atoms. The minimum atomic E-state index is -0.669. The van der Waals surface area contributed by atoms with E-state index in [0.717, 1.165) is 5.56 Å². The van der Waals surface area contributed by atoms with Crippen molar-refractivity contribution in [2.24, 2.45) is 0 Å². The monoisotopic (exact) mass is 307 g/mol. The lowest BCUT2D eigenvalue weighted by Crippen LogP contribution is -2.36. The number of carbonyl (C=O) groups excluding carboxylic acids is 1. The summed E-state index contributed by atoms with van der Waals surface area (Å²) in [5, 5.41) is 3.71. The van der Waals surface area contributed by atoms with Crippen molar-refractivity contribution in [3.63, 3.8) is 0 Å². The van der Waals surface area contributed by atoms with Crippen molar-refractivity contribution in [3.05, 3.63) is 52.0 Å². The number of likely N-dealkylation sites (N-methyl/N-ethyl adjacent to an activating group) is 1. The Morgan fingerprint density at radius 2 is 1.91 bits per heavy atom. The summed E-state index contributed by atoms with van der Waals surface area (Å²) in [4.78, 5) is 25.5. The molecule has 0 bridgehead atoms. The maximum absolute atomic E-state index is 12.9. The molecule has 1 aromatic heterocycles. The van der Waals surface area contributed by atoms with Gasteiger partial charge in [0.1, 0.15) is 12.4 Å². The quantitative estimate of drug-likeness (QED) is 0.809. The summed E-state index contributed by atoms with van der Waals surface area (Å²) in [5.41, 5.74) is 0.777. The van der Waals surface area contributed by atoms with Gasteiger partial charge in [0.25, 0.3) is 0 Å². The summed E-state index contributed by atoms with van der Waals surface area (Å²) in [7, 11) is 0. The van der Waals surface area contributed by atoms with Crippen LogP contribution in [0.25, 0.3) is 0 Å². The van der Waals surface area contributed by atoms with E-state index in [0.29, 0.717) is 18.9 Å². The third-order valence-corrected chi connectivity index (χ3v) is 3.45. The van der Waals surface area contributed by atoms with Gasteiger partial charge in [0.2, 0.25) is 5.91 Å². The van der Waals surface area contributed by atoms with Crippen molar-refractivity contribution in [1.82, 2.24) is 14.6 Å². The van der Waals surface area contributed by atoms with Crippen LogP contribution in [0.3, 0.4) is 0 Å². The van der Waals surface area contributed by atoms with E-state index in [1.165, 1.54) is 16.7 Å². The number of nitrogens with zero attached hydrogens (tertiary/aromatic N) is 3. The van der Waals surface area contributed by atoms with Crippen LogP contribution in [0.4, 0.5) is 4.39 Å². The molecule has 22 heavy (non-hydrogen) atoms. The third-order valence-electron chi connectivity index (χ3n) is 3.45. The highest BCUT2D eigenvalue weighted by atomic mass is 19.1. The van der Waals surface area contributed by atoms with Gasteiger partial charge in [0.05, 0.1) is 0 Å². The van der Waals surface area contributed by atoms with Crippen LogP contribution in [-0.4, -0.2) is 33.6 Å². The van der Waals surface area contributed by atoms with Gasteiger partial charge in [0.15, 0.2) is 5.82 Å². The summed E-state index contributed by atoms with van der Waals surface area (Å²) in [6.07, 6.45) is 0.289. The van der Waals surface area contributed by atoms with Crippen LogP contribution in [0.2, 0.25) is 0 Å². The predicted molar refractivity (Wildman–Crippen MR) is 77.9 cm³/mol. The van der Waals surface area contributed by atoms with E-state index in [4.69, 9.17) is 0 Å². The molecule has 2 aromatic rings. The number of rotatable bonds is 6. The van der Waals surface area contributed by atoms with Crippen molar-refractivity contribution in [2.75, 3.05) is 13.1 Å². The summed E-state index contributed by atoms with van der Waals surface area (Å²) >= 11 is 0. The van der Waals surface area contributed by atoms with Gasteiger partial charge in [-0.25, -0.2) is 9.18 Å². The summed E-state index contributed by atoms with van der Waals surface area (Å²) in [6, 6.07) is 5.87. The molecule has 1 aromatic carbocycles. The largest absolute Gasteiger partial charge is 0.442 e.